The molecule has 0 bridgehead atoms. The lowest BCUT2D eigenvalue weighted by Crippen LogP contribution is -2.42. The van der Waals surface area contributed by atoms with Gasteiger partial charge in [0.15, 0.2) is 0 Å². The largest absolute Gasteiger partial charge is 0.492 e. The van der Waals surface area contributed by atoms with Crippen molar-refractivity contribution in [3.63, 3.8) is 0 Å². The van der Waals surface area contributed by atoms with E-state index in [1.54, 1.807) is 4.90 Å². The predicted molar refractivity (Wildman–Crippen MR) is 103 cm³/mol. The summed E-state index contributed by atoms with van der Waals surface area (Å²) in [4.78, 5) is 26.3. The van der Waals surface area contributed by atoms with Crippen molar-refractivity contribution in [1.82, 2.24) is 10.2 Å². The van der Waals surface area contributed by atoms with Crippen LogP contribution in [0.4, 0.5) is 0 Å². The lowest BCUT2D eigenvalue weighted by Gasteiger charge is -2.19. The molecule has 0 spiro atoms. The zero-order chi connectivity index (χ0) is 19.2. The van der Waals surface area contributed by atoms with Gasteiger partial charge in [-0.3, -0.25) is 9.59 Å². The number of likely N-dealkylation sites (tertiary alicyclic amines) is 1. The first-order chi connectivity index (χ1) is 13.0. The predicted octanol–water partition coefficient (Wildman–Crippen LogP) is 1.79. The highest BCUT2D eigenvalue weighted by Crippen LogP contribution is 2.15. The number of nitrogens with zero attached hydrogens (tertiary/aromatic N) is 1. The molecule has 2 atom stereocenters. The Kier molecular flexibility index (Phi) is 6.08. The van der Waals surface area contributed by atoms with Gasteiger partial charge in [-0.1, -0.05) is 48.0 Å². The molecule has 1 aliphatic heterocycles. The molecule has 1 aliphatic rings. The quantitative estimate of drug-likeness (QED) is 0.781. The summed E-state index contributed by atoms with van der Waals surface area (Å²) in [5.41, 5.74) is 7.92. The van der Waals surface area contributed by atoms with Crippen LogP contribution in [-0.4, -0.2) is 42.5 Å². The highest BCUT2D eigenvalue weighted by molar-refractivity contribution is 5.85. The fraction of sp³-hybridized carbons (Fsp3) is 0.333. The van der Waals surface area contributed by atoms with E-state index in [-0.39, 0.29) is 24.3 Å². The first-order valence-corrected chi connectivity index (χ1v) is 9.11. The van der Waals surface area contributed by atoms with Gasteiger partial charge in [0.2, 0.25) is 11.8 Å². The lowest BCUT2D eigenvalue weighted by molar-refractivity contribution is -0.128. The molecule has 2 aromatic carbocycles. The van der Waals surface area contributed by atoms with Gasteiger partial charge in [-0.05, 0) is 24.6 Å². The average molecular weight is 367 g/mol. The van der Waals surface area contributed by atoms with Crippen LogP contribution in [0.2, 0.25) is 0 Å². The number of amides is 2. The van der Waals surface area contributed by atoms with Crippen LogP contribution >= 0.6 is 0 Å². The van der Waals surface area contributed by atoms with E-state index in [0.29, 0.717) is 19.7 Å². The van der Waals surface area contributed by atoms with Gasteiger partial charge >= 0.3 is 0 Å². The van der Waals surface area contributed by atoms with Gasteiger partial charge in [-0.25, -0.2) is 0 Å². The first kappa shape index (κ1) is 18.9. The molecule has 6 heteroatoms. The van der Waals surface area contributed by atoms with Gasteiger partial charge < -0.3 is 20.7 Å². The van der Waals surface area contributed by atoms with E-state index >= 15 is 0 Å². The summed E-state index contributed by atoms with van der Waals surface area (Å²) < 4.78 is 5.64. The van der Waals surface area contributed by atoms with Crippen molar-refractivity contribution in [1.29, 1.82) is 0 Å². The van der Waals surface area contributed by atoms with Crippen molar-refractivity contribution < 1.29 is 14.3 Å². The monoisotopic (exact) mass is 367 g/mol. The molecule has 27 heavy (non-hydrogen) atoms. The Morgan fingerprint density at radius 3 is 2.63 bits per heavy atom. The second kappa shape index (κ2) is 8.68. The van der Waals surface area contributed by atoms with Crippen molar-refractivity contribution in [2.24, 2.45) is 5.73 Å². The van der Waals surface area contributed by atoms with Crippen LogP contribution in [0.25, 0.3) is 0 Å². The molecule has 142 valence electrons. The van der Waals surface area contributed by atoms with E-state index in [1.807, 2.05) is 61.5 Å². The molecular weight excluding hydrogens is 342 g/mol. The van der Waals surface area contributed by atoms with Crippen molar-refractivity contribution >= 4 is 11.8 Å². The summed E-state index contributed by atoms with van der Waals surface area (Å²) in [5.74, 6) is 0.526. The molecule has 1 fully saturated rings. The Morgan fingerprint density at radius 2 is 1.93 bits per heavy atom. The summed E-state index contributed by atoms with van der Waals surface area (Å²) in [6.07, 6.45) is 0.289. The number of nitrogens with two attached hydrogens (primary N) is 1. The van der Waals surface area contributed by atoms with Crippen molar-refractivity contribution in [2.45, 2.75) is 25.4 Å². The minimum atomic E-state index is -0.740. The van der Waals surface area contributed by atoms with Gasteiger partial charge in [0, 0.05) is 13.0 Å². The van der Waals surface area contributed by atoms with E-state index in [2.05, 4.69) is 5.32 Å². The number of aryl methyl sites for hydroxylation is 1. The van der Waals surface area contributed by atoms with Gasteiger partial charge in [0.25, 0.3) is 0 Å². The normalized spacial score (nSPS) is 17.6. The van der Waals surface area contributed by atoms with E-state index in [4.69, 9.17) is 10.5 Å². The van der Waals surface area contributed by atoms with Crippen LogP contribution in [0.3, 0.4) is 0 Å². The fourth-order valence-electron chi connectivity index (χ4n) is 3.09. The summed E-state index contributed by atoms with van der Waals surface area (Å²) in [5, 5.41) is 2.89. The topological polar surface area (TPSA) is 84.7 Å². The molecule has 0 saturated carbocycles. The molecule has 2 unspecified atom stereocenters. The number of nitrogens with one attached hydrogen (secondary N) is 1. The minimum Gasteiger partial charge on any atom is -0.492 e. The van der Waals surface area contributed by atoms with Crippen LogP contribution in [0.1, 0.15) is 23.6 Å². The van der Waals surface area contributed by atoms with Crippen LogP contribution in [-0.2, 0) is 9.59 Å². The number of hydrogen-bond donors (Lipinski definition) is 2. The molecule has 1 heterocycles. The molecule has 2 amide bonds. The van der Waals surface area contributed by atoms with Crippen LogP contribution in [0, 0.1) is 6.92 Å². The molecular formula is C21H25N3O3. The van der Waals surface area contributed by atoms with E-state index < -0.39 is 6.04 Å². The van der Waals surface area contributed by atoms with Crippen LogP contribution < -0.4 is 15.8 Å². The third kappa shape index (κ3) is 5.08. The number of carbonyl (C=O) groups excluding carboxylic acids is 2. The highest BCUT2D eigenvalue weighted by Gasteiger charge is 2.31. The van der Waals surface area contributed by atoms with Gasteiger partial charge in [0.05, 0.1) is 12.6 Å². The highest BCUT2D eigenvalue weighted by atomic mass is 16.5. The van der Waals surface area contributed by atoms with Crippen molar-refractivity contribution in [2.75, 3.05) is 19.7 Å². The number of hydrogen-bond acceptors (Lipinski definition) is 4. The second-order valence-corrected chi connectivity index (χ2v) is 6.80. The molecule has 0 aromatic heterocycles. The summed E-state index contributed by atoms with van der Waals surface area (Å²) in [6, 6.07) is 16.1. The van der Waals surface area contributed by atoms with E-state index in [9.17, 15) is 9.59 Å². The second-order valence-electron chi connectivity index (χ2n) is 6.80. The molecule has 0 radical (unpaired) electrons. The smallest absolute Gasteiger partial charge is 0.241 e. The van der Waals surface area contributed by atoms with E-state index in [1.165, 1.54) is 0 Å². The Labute approximate surface area is 159 Å². The molecule has 6 nitrogen and oxygen atoms in total. The minimum absolute atomic E-state index is 0.0147. The zero-order valence-corrected chi connectivity index (χ0v) is 15.4. The van der Waals surface area contributed by atoms with Gasteiger partial charge in [-0.2, -0.15) is 0 Å². The number of benzene rings is 2. The Bertz CT molecular complexity index is 777. The first-order valence-electron chi connectivity index (χ1n) is 9.11. The number of rotatable bonds is 7. The van der Waals surface area contributed by atoms with Gasteiger partial charge in [-0.15, -0.1) is 0 Å². The summed E-state index contributed by atoms with van der Waals surface area (Å²) >= 11 is 0. The fourth-order valence-corrected chi connectivity index (χ4v) is 3.09. The average Bonchev–Trinajstić information content (AvgIpc) is 3.01. The molecule has 2 aromatic rings. The molecule has 0 aliphatic carbocycles. The SMILES string of the molecule is Cc1ccc(C(N)C(=O)NC2CC(=O)N(CCOc3ccccc3)C2)cc1. The Morgan fingerprint density at radius 1 is 1.22 bits per heavy atom. The third-order valence-corrected chi connectivity index (χ3v) is 4.65. The van der Waals surface area contributed by atoms with Crippen LogP contribution in [0.15, 0.2) is 54.6 Å². The summed E-state index contributed by atoms with van der Waals surface area (Å²) in [7, 11) is 0. The number of ether oxygens (including phenoxy) is 1. The van der Waals surface area contributed by atoms with Crippen LogP contribution in [0.5, 0.6) is 5.75 Å². The molecule has 3 N–H and O–H groups in total. The maximum Gasteiger partial charge on any atom is 0.241 e. The lowest BCUT2D eigenvalue weighted by atomic mass is 10.0. The van der Waals surface area contributed by atoms with Crippen molar-refractivity contribution in [3.8, 4) is 5.75 Å². The molecule has 1 saturated heterocycles. The van der Waals surface area contributed by atoms with Gasteiger partial charge in [0.1, 0.15) is 18.4 Å². The number of para-hydroxylation sites is 1. The van der Waals surface area contributed by atoms with E-state index in [0.717, 1.165) is 16.9 Å². The Balaban J connectivity index is 1.46. The third-order valence-electron chi connectivity index (χ3n) is 4.65. The maximum atomic E-state index is 12.4. The Hall–Kier alpha value is -2.86. The summed E-state index contributed by atoms with van der Waals surface area (Å²) in [6.45, 7) is 3.36. The number of carbonyl (C=O) groups is 2. The molecule has 3 rings (SSSR count). The zero-order valence-electron chi connectivity index (χ0n) is 15.4. The van der Waals surface area contributed by atoms with Crippen molar-refractivity contribution in [3.05, 3.63) is 65.7 Å². The maximum absolute atomic E-state index is 12.4. The standard InChI is InChI=1S/C21H25N3O3/c1-15-7-9-16(10-8-15)20(22)21(26)23-17-13-19(25)24(14-17)11-12-27-18-5-3-2-4-6-18/h2-10,17,20H,11-14,22H2,1H3,(H,23,26).